The van der Waals surface area contributed by atoms with Gasteiger partial charge in [0.05, 0.1) is 26.3 Å². The summed E-state index contributed by atoms with van der Waals surface area (Å²) in [5.74, 6) is -3.64. The summed E-state index contributed by atoms with van der Waals surface area (Å²) in [6, 6.07) is -1.51. The third-order valence-corrected chi connectivity index (χ3v) is 5.23. The fourth-order valence-corrected chi connectivity index (χ4v) is 3.68. The van der Waals surface area contributed by atoms with Crippen LogP contribution in [0.1, 0.15) is 44.9 Å². The zero-order valence-corrected chi connectivity index (χ0v) is 16.7. The van der Waals surface area contributed by atoms with Crippen molar-refractivity contribution in [1.29, 1.82) is 0 Å². The Labute approximate surface area is 188 Å². The fourth-order valence-electron chi connectivity index (χ4n) is 3.68. The predicted octanol–water partition coefficient (Wildman–Crippen LogP) is 3.66. The Bertz CT molecular complexity index is 1330. The maximum absolute atomic E-state index is 14.3. The Morgan fingerprint density at radius 1 is 1.16 bits per heavy atom. The third kappa shape index (κ3) is 4.09. The van der Waals surface area contributed by atoms with E-state index in [1.807, 2.05) is 0 Å². The minimum atomic E-state index is -2.33. The molecular weight excluding hydrogens is 425 g/mol. The average molecular weight is 453 g/mol. The number of nitrogens with zero attached hydrogens (tertiary/aromatic N) is 4. The van der Waals surface area contributed by atoms with E-state index < -0.39 is 60.8 Å². The maximum Gasteiger partial charge on any atom is 0.224 e. The lowest BCUT2D eigenvalue weighted by molar-refractivity contribution is 0.126. The number of aromatic nitrogens is 4. The molecule has 170 valence electrons. The zero-order valence-electron chi connectivity index (χ0n) is 21.7. The number of aliphatic hydroxyl groups excluding tert-OH is 1. The number of hydrogen-bond donors (Lipinski definition) is 3. The van der Waals surface area contributed by atoms with Gasteiger partial charge in [-0.2, -0.15) is 4.98 Å². The summed E-state index contributed by atoms with van der Waals surface area (Å²) < 4.78 is 90.2. The second-order valence-electron chi connectivity index (χ2n) is 7.48. The lowest BCUT2D eigenvalue weighted by Gasteiger charge is -2.26. The van der Waals surface area contributed by atoms with E-state index in [0.717, 1.165) is 0 Å². The second-order valence-corrected chi connectivity index (χ2v) is 7.48. The SMILES string of the molecule is [2H]C1([2H])CC([2H])(Nc2ncc3nc(Nc4c(F)cc(F)cc4F)n(C4CCOC4)c3n2)C([2H])([2H])CC1O. The molecule has 1 aliphatic heterocycles. The van der Waals surface area contributed by atoms with E-state index >= 15 is 0 Å². The van der Waals surface area contributed by atoms with Gasteiger partial charge in [-0.3, -0.25) is 4.57 Å². The van der Waals surface area contributed by atoms with E-state index in [-0.39, 0.29) is 35.7 Å². The van der Waals surface area contributed by atoms with Crippen LogP contribution in [-0.4, -0.2) is 50.0 Å². The normalized spacial score (nSPS) is 31.3. The Morgan fingerprint density at radius 3 is 2.72 bits per heavy atom. The highest BCUT2D eigenvalue weighted by molar-refractivity contribution is 5.76. The molecule has 3 heterocycles. The summed E-state index contributed by atoms with van der Waals surface area (Å²) >= 11 is 0. The summed E-state index contributed by atoms with van der Waals surface area (Å²) in [4.78, 5) is 12.8. The van der Waals surface area contributed by atoms with E-state index in [4.69, 9.17) is 11.6 Å². The Balaban J connectivity index is 1.55. The quantitative estimate of drug-likeness (QED) is 0.542. The van der Waals surface area contributed by atoms with Crippen molar-refractivity contribution in [2.45, 2.75) is 50.2 Å². The van der Waals surface area contributed by atoms with E-state index in [1.165, 1.54) is 10.8 Å². The van der Waals surface area contributed by atoms with Crippen molar-refractivity contribution in [3.63, 3.8) is 0 Å². The smallest absolute Gasteiger partial charge is 0.224 e. The highest BCUT2D eigenvalue weighted by Crippen LogP contribution is 2.32. The van der Waals surface area contributed by atoms with Crippen LogP contribution in [0.3, 0.4) is 0 Å². The molecule has 1 saturated heterocycles. The van der Waals surface area contributed by atoms with Crippen LogP contribution < -0.4 is 10.6 Å². The molecule has 11 heteroatoms. The number of nitrogens with one attached hydrogen (secondary N) is 2. The van der Waals surface area contributed by atoms with Crippen LogP contribution in [0.2, 0.25) is 0 Å². The number of rotatable bonds is 5. The van der Waals surface area contributed by atoms with Gasteiger partial charge in [0.1, 0.15) is 17.0 Å². The highest BCUT2D eigenvalue weighted by Gasteiger charge is 2.27. The topological polar surface area (TPSA) is 97.1 Å². The first-order chi connectivity index (χ1) is 17.3. The monoisotopic (exact) mass is 453 g/mol. The van der Waals surface area contributed by atoms with Gasteiger partial charge in [0.25, 0.3) is 0 Å². The van der Waals surface area contributed by atoms with Crippen LogP contribution in [0.4, 0.5) is 30.8 Å². The number of aliphatic hydroxyl groups is 1. The fraction of sp³-hybridized carbons (Fsp3) is 0.476. The lowest BCUT2D eigenvalue weighted by Crippen LogP contribution is -2.29. The first-order valence-corrected chi connectivity index (χ1v) is 10.0. The van der Waals surface area contributed by atoms with Crippen LogP contribution in [0.5, 0.6) is 0 Å². The molecule has 2 aliphatic rings. The van der Waals surface area contributed by atoms with Crippen molar-refractivity contribution in [1.82, 2.24) is 19.5 Å². The first-order valence-electron chi connectivity index (χ1n) is 12.5. The molecule has 3 N–H and O–H groups in total. The van der Waals surface area contributed by atoms with Crippen molar-refractivity contribution >= 4 is 28.7 Å². The molecule has 5 rings (SSSR count). The van der Waals surface area contributed by atoms with Crippen molar-refractivity contribution in [2.24, 2.45) is 0 Å². The summed E-state index contributed by atoms with van der Waals surface area (Å²) in [5.41, 5.74) is -0.231. The van der Waals surface area contributed by atoms with Gasteiger partial charge >= 0.3 is 0 Å². The van der Waals surface area contributed by atoms with E-state index in [0.29, 0.717) is 25.2 Å². The van der Waals surface area contributed by atoms with Gasteiger partial charge in [-0.15, -0.1) is 0 Å². The van der Waals surface area contributed by atoms with Gasteiger partial charge in [-0.05, 0) is 32.0 Å². The van der Waals surface area contributed by atoms with Crippen molar-refractivity contribution < 1.29 is 29.9 Å². The summed E-state index contributed by atoms with van der Waals surface area (Å²) in [6.45, 7) is 0.650. The molecule has 1 aromatic carbocycles. The number of benzene rings is 1. The minimum Gasteiger partial charge on any atom is -0.393 e. The van der Waals surface area contributed by atoms with Gasteiger partial charge in [0.15, 0.2) is 17.3 Å². The molecule has 0 radical (unpaired) electrons. The molecule has 3 atom stereocenters. The Kier molecular flexibility index (Phi) is 4.22. The number of halogens is 3. The third-order valence-electron chi connectivity index (χ3n) is 5.23. The number of imidazole rings is 1. The molecule has 0 amide bonds. The summed E-state index contributed by atoms with van der Waals surface area (Å²) in [5, 5.41) is 15.1. The standard InChI is InChI=1S/C21H23F3N6O2/c22-11-7-15(23)18(16(24)8-11)28-21-27-17-9-25-20(26-12-1-3-14(31)4-2-12)29-19(17)30(21)13-5-6-32-10-13/h7-9,12-14,31H,1-6,10H2,(H,27,28)(H,25,26,29)/i1D2,4D2,12D. The molecule has 8 nitrogen and oxygen atoms in total. The predicted molar refractivity (Wildman–Crippen MR) is 111 cm³/mol. The van der Waals surface area contributed by atoms with Gasteiger partial charge in [-0.1, -0.05) is 0 Å². The molecule has 1 saturated carbocycles. The van der Waals surface area contributed by atoms with E-state index in [1.54, 1.807) is 0 Å². The van der Waals surface area contributed by atoms with E-state index in [2.05, 4.69) is 25.6 Å². The van der Waals surface area contributed by atoms with Crippen LogP contribution in [-0.2, 0) is 4.74 Å². The van der Waals surface area contributed by atoms with Crippen LogP contribution in [0.25, 0.3) is 11.2 Å². The molecule has 2 aromatic heterocycles. The molecule has 0 spiro atoms. The Morgan fingerprint density at radius 2 is 1.97 bits per heavy atom. The molecule has 1 aliphatic carbocycles. The van der Waals surface area contributed by atoms with Crippen molar-refractivity contribution in [3.8, 4) is 0 Å². The van der Waals surface area contributed by atoms with Gasteiger partial charge in [0.2, 0.25) is 11.9 Å². The second kappa shape index (κ2) is 8.55. The summed E-state index contributed by atoms with van der Waals surface area (Å²) in [7, 11) is 0. The van der Waals surface area contributed by atoms with E-state index in [9.17, 15) is 18.3 Å². The minimum absolute atomic E-state index is 0.0191. The number of ether oxygens (including phenoxy) is 1. The van der Waals surface area contributed by atoms with Crippen molar-refractivity contribution in [3.05, 3.63) is 35.8 Å². The number of anilines is 3. The average Bonchev–Trinajstić information content (AvgIpc) is 3.41. The molecule has 2 fully saturated rings. The van der Waals surface area contributed by atoms with Crippen LogP contribution >= 0.6 is 0 Å². The highest BCUT2D eigenvalue weighted by atomic mass is 19.1. The largest absolute Gasteiger partial charge is 0.393 e. The van der Waals surface area contributed by atoms with Crippen molar-refractivity contribution in [2.75, 3.05) is 23.8 Å². The maximum atomic E-state index is 14.3. The van der Waals surface area contributed by atoms with Gasteiger partial charge < -0.3 is 20.5 Å². The Hall–Kier alpha value is -2.92. The van der Waals surface area contributed by atoms with Gasteiger partial charge in [0, 0.05) is 30.2 Å². The first kappa shape index (κ1) is 15.8. The summed E-state index contributed by atoms with van der Waals surface area (Å²) in [6.07, 6.45) is -5.65. The van der Waals surface area contributed by atoms with Crippen LogP contribution in [0, 0.1) is 17.5 Å². The molecular formula is C21H23F3N6O2. The molecule has 3 unspecified atom stereocenters. The molecule has 3 aromatic rings. The number of hydrogen-bond acceptors (Lipinski definition) is 7. The van der Waals surface area contributed by atoms with Crippen LogP contribution in [0.15, 0.2) is 18.3 Å². The molecule has 32 heavy (non-hydrogen) atoms. The number of fused-ring (bicyclic) bond motifs is 1. The molecule has 0 bridgehead atoms. The zero-order chi connectivity index (χ0) is 26.8. The lowest BCUT2D eigenvalue weighted by atomic mass is 9.93. The van der Waals surface area contributed by atoms with Gasteiger partial charge in [-0.25, -0.2) is 23.1 Å².